The SMILES string of the molecule is Fc1cc(F)cc(NCc2nc(-c3ccc4ncnn4c3)c(-c3ccn(C4CC4)n3)[nH]2)c1. The third-order valence-electron chi connectivity index (χ3n) is 5.41. The Kier molecular flexibility index (Phi) is 4.23. The van der Waals surface area contributed by atoms with Crippen molar-refractivity contribution in [2.45, 2.75) is 25.4 Å². The average molecular weight is 432 g/mol. The number of aromatic amines is 1. The van der Waals surface area contributed by atoms with Gasteiger partial charge in [-0.15, -0.1) is 0 Å². The maximum absolute atomic E-state index is 13.5. The highest BCUT2D eigenvalue weighted by Crippen LogP contribution is 2.36. The predicted octanol–water partition coefficient (Wildman–Crippen LogP) is 4.21. The zero-order chi connectivity index (χ0) is 21.7. The number of nitrogens with zero attached hydrogens (tertiary/aromatic N) is 6. The summed E-state index contributed by atoms with van der Waals surface area (Å²) in [5.74, 6) is -0.667. The summed E-state index contributed by atoms with van der Waals surface area (Å²) in [7, 11) is 0. The van der Waals surface area contributed by atoms with Gasteiger partial charge in [0.2, 0.25) is 0 Å². The Morgan fingerprint density at radius 1 is 1.09 bits per heavy atom. The number of pyridine rings is 1. The van der Waals surface area contributed by atoms with Gasteiger partial charge in [-0.3, -0.25) is 4.68 Å². The molecule has 0 atom stereocenters. The van der Waals surface area contributed by atoms with E-state index in [0.717, 1.165) is 41.5 Å². The Balaban J connectivity index is 1.37. The predicted molar refractivity (Wildman–Crippen MR) is 114 cm³/mol. The van der Waals surface area contributed by atoms with Crippen LogP contribution in [0.5, 0.6) is 0 Å². The highest BCUT2D eigenvalue weighted by molar-refractivity contribution is 5.76. The zero-order valence-electron chi connectivity index (χ0n) is 16.8. The van der Waals surface area contributed by atoms with Gasteiger partial charge in [-0.2, -0.15) is 10.2 Å². The smallest absolute Gasteiger partial charge is 0.155 e. The Morgan fingerprint density at radius 3 is 2.75 bits per heavy atom. The lowest BCUT2D eigenvalue weighted by Gasteiger charge is -2.04. The lowest BCUT2D eigenvalue weighted by atomic mass is 10.1. The van der Waals surface area contributed by atoms with E-state index in [-0.39, 0.29) is 6.54 Å². The Hall–Kier alpha value is -4.08. The molecule has 6 rings (SSSR count). The molecule has 4 heterocycles. The third kappa shape index (κ3) is 3.49. The Labute approximate surface area is 180 Å². The molecule has 0 bridgehead atoms. The average Bonchev–Trinajstić information content (AvgIpc) is 3.17. The minimum atomic E-state index is -0.639. The van der Waals surface area contributed by atoms with E-state index >= 15 is 0 Å². The van der Waals surface area contributed by atoms with E-state index in [2.05, 4.69) is 20.4 Å². The molecule has 10 heteroatoms. The van der Waals surface area contributed by atoms with Crippen molar-refractivity contribution in [2.24, 2.45) is 0 Å². The monoisotopic (exact) mass is 432 g/mol. The second-order valence-electron chi connectivity index (χ2n) is 7.81. The standard InChI is InChI=1S/C22H18F2N8/c23-14-7-15(24)9-16(8-14)25-10-19-28-21(13-1-4-20-26-12-27-32(20)11-13)22(29-19)18-5-6-31(30-18)17-2-3-17/h1,4-9,11-12,17,25H,2-3,10H2,(H,28,29). The van der Waals surface area contributed by atoms with Crippen molar-refractivity contribution < 1.29 is 8.78 Å². The summed E-state index contributed by atoms with van der Waals surface area (Å²) in [5.41, 5.74) is 4.18. The van der Waals surface area contributed by atoms with Crippen LogP contribution in [0.4, 0.5) is 14.5 Å². The lowest BCUT2D eigenvalue weighted by molar-refractivity contribution is 0.584. The highest BCUT2D eigenvalue weighted by atomic mass is 19.1. The van der Waals surface area contributed by atoms with Crippen LogP contribution in [0, 0.1) is 11.6 Å². The van der Waals surface area contributed by atoms with E-state index in [0.29, 0.717) is 23.2 Å². The molecule has 0 unspecified atom stereocenters. The second kappa shape index (κ2) is 7.26. The summed E-state index contributed by atoms with van der Waals surface area (Å²) in [6.45, 7) is 0.255. The van der Waals surface area contributed by atoms with Gasteiger partial charge >= 0.3 is 0 Å². The lowest BCUT2D eigenvalue weighted by Crippen LogP contribution is -2.02. The number of nitrogens with one attached hydrogen (secondary N) is 2. The molecule has 1 saturated carbocycles. The molecule has 5 aromatic rings. The van der Waals surface area contributed by atoms with Crippen molar-refractivity contribution in [3.63, 3.8) is 0 Å². The molecule has 2 N–H and O–H groups in total. The fourth-order valence-electron chi connectivity index (χ4n) is 3.71. The van der Waals surface area contributed by atoms with Gasteiger partial charge in [0.1, 0.15) is 29.5 Å². The summed E-state index contributed by atoms with van der Waals surface area (Å²) in [6.07, 6.45) is 7.61. The molecule has 32 heavy (non-hydrogen) atoms. The van der Waals surface area contributed by atoms with Crippen LogP contribution in [0.25, 0.3) is 28.3 Å². The molecule has 1 fully saturated rings. The number of H-pyrrole nitrogens is 1. The molecule has 0 amide bonds. The van der Waals surface area contributed by atoms with Gasteiger partial charge in [0.05, 0.1) is 24.0 Å². The van der Waals surface area contributed by atoms with Crippen LogP contribution in [0.2, 0.25) is 0 Å². The normalized spacial score (nSPS) is 13.7. The number of hydrogen-bond donors (Lipinski definition) is 2. The Bertz CT molecular complexity index is 1410. The number of anilines is 1. The van der Waals surface area contributed by atoms with Crippen molar-refractivity contribution in [1.82, 2.24) is 34.3 Å². The quantitative estimate of drug-likeness (QED) is 0.420. The van der Waals surface area contributed by atoms with E-state index in [1.165, 1.54) is 18.5 Å². The summed E-state index contributed by atoms with van der Waals surface area (Å²) in [4.78, 5) is 12.3. The first kappa shape index (κ1) is 18.7. The van der Waals surface area contributed by atoms with Crippen LogP contribution in [0.15, 0.2) is 55.1 Å². The van der Waals surface area contributed by atoms with Crippen LogP contribution < -0.4 is 5.32 Å². The molecular weight excluding hydrogens is 414 g/mol. The largest absolute Gasteiger partial charge is 0.378 e. The van der Waals surface area contributed by atoms with Crippen LogP contribution in [-0.4, -0.2) is 34.3 Å². The van der Waals surface area contributed by atoms with E-state index in [1.54, 1.807) is 4.52 Å². The molecule has 0 aliphatic heterocycles. The van der Waals surface area contributed by atoms with Gasteiger partial charge in [0.15, 0.2) is 5.65 Å². The number of benzene rings is 1. The number of hydrogen-bond acceptors (Lipinski definition) is 5. The highest BCUT2D eigenvalue weighted by Gasteiger charge is 2.25. The van der Waals surface area contributed by atoms with Crippen LogP contribution in [0.1, 0.15) is 24.7 Å². The number of fused-ring (bicyclic) bond motifs is 1. The fraction of sp³-hybridized carbons (Fsp3) is 0.182. The molecule has 0 spiro atoms. The molecule has 0 radical (unpaired) electrons. The molecular formula is C22H18F2N8. The molecule has 1 aliphatic carbocycles. The van der Waals surface area contributed by atoms with Gasteiger partial charge in [0.25, 0.3) is 0 Å². The number of imidazole rings is 1. The van der Waals surface area contributed by atoms with E-state index in [1.807, 2.05) is 35.3 Å². The Morgan fingerprint density at radius 2 is 1.94 bits per heavy atom. The van der Waals surface area contributed by atoms with Gasteiger partial charge in [-0.1, -0.05) is 0 Å². The van der Waals surface area contributed by atoms with Gasteiger partial charge < -0.3 is 10.3 Å². The summed E-state index contributed by atoms with van der Waals surface area (Å²) >= 11 is 0. The third-order valence-corrected chi connectivity index (χ3v) is 5.41. The molecule has 8 nitrogen and oxygen atoms in total. The van der Waals surface area contributed by atoms with Gasteiger partial charge in [0, 0.05) is 29.7 Å². The molecule has 160 valence electrons. The zero-order valence-corrected chi connectivity index (χ0v) is 16.8. The van der Waals surface area contributed by atoms with E-state index in [4.69, 9.17) is 10.1 Å². The second-order valence-corrected chi connectivity index (χ2v) is 7.81. The maximum atomic E-state index is 13.5. The van der Waals surface area contributed by atoms with E-state index in [9.17, 15) is 8.78 Å². The number of rotatable bonds is 6. The van der Waals surface area contributed by atoms with E-state index < -0.39 is 11.6 Å². The molecule has 0 saturated heterocycles. The van der Waals surface area contributed by atoms with Crippen LogP contribution >= 0.6 is 0 Å². The first-order valence-corrected chi connectivity index (χ1v) is 10.3. The summed E-state index contributed by atoms with van der Waals surface area (Å²) in [6, 6.07) is 9.55. The van der Waals surface area contributed by atoms with Crippen molar-refractivity contribution in [2.75, 3.05) is 5.32 Å². The fourth-order valence-corrected chi connectivity index (χ4v) is 3.71. The molecule has 1 aromatic carbocycles. The summed E-state index contributed by atoms with van der Waals surface area (Å²) in [5, 5.41) is 12.0. The van der Waals surface area contributed by atoms with Crippen molar-refractivity contribution in [3.8, 4) is 22.6 Å². The topological polar surface area (TPSA) is 88.7 Å². The summed E-state index contributed by atoms with van der Waals surface area (Å²) < 4.78 is 30.7. The van der Waals surface area contributed by atoms with Gasteiger partial charge in [-0.05, 0) is 43.2 Å². The number of halogens is 2. The molecule has 4 aromatic heterocycles. The maximum Gasteiger partial charge on any atom is 0.155 e. The van der Waals surface area contributed by atoms with Gasteiger partial charge in [-0.25, -0.2) is 23.3 Å². The first-order valence-electron chi connectivity index (χ1n) is 10.3. The molecule has 1 aliphatic rings. The van der Waals surface area contributed by atoms with Crippen molar-refractivity contribution >= 4 is 11.3 Å². The van der Waals surface area contributed by atoms with Crippen molar-refractivity contribution in [3.05, 3.63) is 72.6 Å². The minimum absolute atomic E-state index is 0.255. The van der Waals surface area contributed by atoms with Crippen LogP contribution in [-0.2, 0) is 6.54 Å². The number of aromatic nitrogens is 7. The minimum Gasteiger partial charge on any atom is -0.378 e. The first-order chi connectivity index (χ1) is 15.6. The van der Waals surface area contributed by atoms with Crippen molar-refractivity contribution in [1.29, 1.82) is 0 Å². The van der Waals surface area contributed by atoms with Crippen LogP contribution in [0.3, 0.4) is 0 Å².